The highest BCUT2D eigenvalue weighted by atomic mass is 35.5. The molecule has 4 nitrogen and oxygen atoms in total. The molecule has 0 aromatic heterocycles. The van der Waals surface area contributed by atoms with Crippen LogP contribution >= 0.6 is 23.4 Å². The summed E-state index contributed by atoms with van der Waals surface area (Å²) in [4.78, 5) is 23.3. The van der Waals surface area contributed by atoms with Gasteiger partial charge < -0.3 is 10.1 Å². The molecule has 1 saturated heterocycles. The molecule has 0 aliphatic carbocycles. The lowest BCUT2D eigenvalue weighted by Gasteiger charge is -2.19. The summed E-state index contributed by atoms with van der Waals surface area (Å²) < 4.78 is 4.63. The molecule has 1 aromatic carbocycles. The topological polar surface area (TPSA) is 55.4 Å². The Hall–Kier alpha value is -1.20. The van der Waals surface area contributed by atoms with Gasteiger partial charge in [0.1, 0.15) is 0 Å². The van der Waals surface area contributed by atoms with Crippen LogP contribution < -0.4 is 5.32 Å². The first-order chi connectivity index (χ1) is 11.1. The number of benzene rings is 1. The van der Waals surface area contributed by atoms with Crippen LogP contribution in [0.15, 0.2) is 30.3 Å². The number of carbonyl (C=O) groups is 2. The lowest BCUT2D eigenvalue weighted by Crippen LogP contribution is -2.41. The number of nitrogens with one attached hydrogen (secondary N) is 1. The van der Waals surface area contributed by atoms with E-state index in [1.54, 1.807) is 23.9 Å². The van der Waals surface area contributed by atoms with E-state index in [1.165, 1.54) is 7.11 Å². The summed E-state index contributed by atoms with van der Waals surface area (Å²) in [6, 6.07) is 9.16. The third kappa shape index (κ3) is 5.43. The predicted molar refractivity (Wildman–Crippen MR) is 94.1 cm³/mol. The summed E-state index contributed by atoms with van der Waals surface area (Å²) in [5.41, 5.74) is 0.655. The fourth-order valence-corrected chi connectivity index (χ4v) is 4.65. The number of ether oxygens (including phenoxy) is 1. The van der Waals surface area contributed by atoms with Crippen molar-refractivity contribution in [2.45, 2.75) is 42.4 Å². The van der Waals surface area contributed by atoms with Crippen LogP contribution in [-0.2, 0) is 9.53 Å². The number of hydrogen-bond acceptors (Lipinski definition) is 4. The van der Waals surface area contributed by atoms with Crippen molar-refractivity contribution in [3.63, 3.8) is 0 Å². The zero-order chi connectivity index (χ0) is 16.7. The van der Waals surface area contributed by atoms with Gasteiger partial charge >= 0.3 is 5.97 Å². The molecule has 1 N–H and O–H groups in total. The van der Waals surface area contributed by atoms with Crippen LogP contribution in [0.4, 0.5) is 0 Å². The molecule has 1 fully saturated rings. The number of thioether (sulfide) groups is 1. The van der Waals surface area contributed by atoms with Crippen LogP contribution in [-0.4, -0.2) is 41.4 Å². The number of unbranched alkanes of at least 4 members (excludes halogenated alkanes) is 1. The molecule has 3 atom stereocenters. The minimum Gasteiger partial charge on any atom is -0.469 e. The number of halogens is 1. The maximum atomic E-state index is 12.2. The number of rotatable bonds is 7. The number of hydrogen-bond donors (Lipinski definition) is 1. The van der Waals surface area contributed by atoms with Crippen molar-refractivity contribution in [3.05, 3.63) is 35.9 Å². The van der Waals surface area contributed by atoms with Gasteiger partial charge in [-0.05, 0) is 25.0 Å². The maximum Gasteiger partial charge on any atom is 0.305 e. The van der Waals surface area contributed by atoms with Crippen LogP contribution in [0, 0.1) is 0 Å². The van der Waals surface area contributed by atoms with Crippen LogP contribution in [0.2, 0.25) is 0 Å². The highest BCUT2D eigenvalue weighted by Gasteiger charge is 2.35. The van der Waals surface area contributed by atoms with E-state index in [4.69, 9.17) is 11.6 Å². The third-order valence-corrected chi connectivity index (χ3v) is 6.20. The zero-order valence-corrected chi connectivity index (χ0v) is 14.7. The molecular weight excluding hydrogens is 334 g/mol. The van der Waals surface area contributed by atoms with Crippen molar-refractivity contribution >= 4 is 35.2 Å². The highest BCUT2D eigenvalue weighted by Crippen LogP contribution is 2.34. The largest absolute Gasteiger partial charge is 0.469 e. The lowest BCUT2D eigenvalue weighted by atomic mass is 10.1. The summed E-state index contributed by atoms with van der Waals surface area (Å²) in [7, 11) is 1.41. The van der Waals surface area contributed by atoms with Crippen LogP contribution in [0.3, 0.4) is 0 Å². The van der Waals surface area contributed by atoms with Crippen molar-refractivity contribution in [2.75, 3.05) is 12.9 Å². The standard InChI is InChI=1S/C17H22ClNO3S/c1-22-15(20)10-6-5-9-14-16(18)13(11-23-14)19-17(21)12-7-3-2-4-8-12/h2-4,7-8,13-14,16H,5-6,9-11H2,1H3,(H,19,21)/t13-,14+,16+/m1/s1. The van der Waals surface area contributed by atoms with Gasteiger partial charge in [0.05, 0.1) is 18.5 Å². The Labute approximate surface area is 146 Å². The van der Waals surface area contributed by atoms with Gasteiger partial charge in [-0.2, -0.15) is 11.8 Å². The Morgan fingerprint density at radius 3 is 2.74 bits per heavy atom. The second-order valence-electron chi connectivity index (χ2n) is 5.58. The first kappa shape index (κ1) is 18.1. The van der Waals surface area contributed by atoms with Crippen molar-refractivity contribution in [1.82, 2.24) is 5.32 Å². The van der Waals surface area contributed by atoms with Gasteiger partial charge in [0.2, 0.25) is 0 Å². The van der Waals surface area contributed by atoms with Gasteiger partial charge in [-0.3, -0.25) is 9.59 Å². The highest BCUT2D eigenvalue weighted by molar-refractivity contribution is 8.00. The quantitative estimate of drug-likeness (QED) is 0.463. The van der Waals surface area contributed by atoms with Gasteiger partial charge in [0.25, 0.3) is 5.91 Å². The number of esters is 1. The Bertz CT molecular complexity index is 526. The van der Waals surface area contributed by atoms with E-state index < -0.39 is 0 Å². The molecule has 0 bridgehead atoms. The van der Waals surface area contributed by atoms with E-state index in [0.29, 0.717) is 17.2 Å². The van der Waals surface area contributed by atoms with E-state index >= 15 is 0 Å². The first-order valence-corrected chi connectivity index (χ1v) is 9.28. The fraction of sp³-hybridized carbons (Fsp3) is 0.529. The third-order valence-electron chi connectivity index (χ3n) is 3.93. The van der Waals surface area contributed by atoms with E-state index in [9.17, 15) is 9.59 Å². The molecule has 1 amide bonds. The molecule has 0 radical (unpaired) electrons. The second-order valence-corrected chi connectivity index (χ2v) is 7.36. The van der Waals surface area contributed by atoms with Gasteiger partial charge in [-0.1, -0.05) is 24.6 Å². The molecular formula is C17H22ClNO3S. The summed E-state index contributed by atoms with van der Waals surface area (Å²) >= 11 is 8.31. The monoisotopic (exact) mass is 355 g/mol. The van der Waals surface area contributed by atoms with E-state index in [-0.39, 0.29) is 23.3 Å². The predicted octanol–water partition coefficient (Wildman–Crippen LogP) is 3.24. The lowest BCUT2D eigenvalue weighted by molar-refractivity contribution is -0.140. The average molecular weight is 356 g/mol. The van der Waals surface area contributed by atoms with Crippen LogP contribution in [0.5, 0.6) is 0 Å². The van der Waals surface area contributed by atoms with E-state index in [0.717, 1.165) is 25.0 Å². The number of alkyl halides is 1. The SMILES string of the molecule is COC(=O)CCCC[C@@H]1SC[C@@H](NC(=O)c2ccccc2)[C@@H]1Cl. The maximum absolute atomic E-state index is 12.2. The Morgan fingerprint density at radius 2 is 2.04 bits per heavy atom. The van der Waals surface area contributed by atoms with Crippen molar-refractivity contribution in [1.29, 1.82) is 0 Å². The molecule has 1 aromatic rings. The molecule has 1 aliphatic rings. The smallest absolute Gasteiger partial charge is 0.305 e. The normalized spacial score (nSPS) is 23.5. The Balaban J connectivity index is 1.74. The van der Waals surface area contributed by atoms with Gasteiger partial charge in [0.15, 0.2) is 0 Å². The molecule has 2 rings (SSSR count). The minimum absolute atomic E-state index is 0.0139. The molecule has 126 valence electrons. The van der Waals surface area contributed by atoms with Crippen LogP contribution in [0.25, 0.3) is 0 Å². The molecule has 0 spiro atoms. The Morgan fingerprint density at radius 1 is 1.30 bits per heavy atom. The molecule has 23 heavy (non-hydrogen) atoms. The summed E-state index contributed by atoms with van der Waals surface area (Å²) in [5, 5.41) is 3.26. The van der Waals surface area contributed by atoms with Gasteiger partial charge in [0, 0.05) is 23.0 Å². The Kier molecular flexibility index (Phi) is 7.24. The van der Waals surface area contributed by atoms with Gasteiger partial charge in [-0.15, -0.1) is 11.6 Å². The average Bonchev–Trinajstić information content (AvgIpc) is 2.92. The molecule has 6 heteroatoms. The molecule has 0 saturated carbocycles. The number of methoxy groups -OCH3 is 1. The van der Waals surface area contributed by atoms with Crippen molar-refractivity contribution in [3.8, 4) is 0 Å². The summed E-state index contributed by atoms with van der Waals surface area (Å²) in [6.45, 7) is 0. The number of carbonyl (C=O) groups excluding carboxylic acids is 2. The van der Waals surface area contributed by atoms with Crippen LogP contribution in [0.1, 0.15) is 36.0 Å². The number of amides is 1. The van der Waals surface area contributed by atoms with Gasteiger partial charge in [-0.25, -0.2) is 0 Å². The molecule has 1 aliphatic heterocycles. The van der Waals surface area contributed by atoms with Crippen molar-refractivity contribution in [2.24, 2.45) is 0 Å². The summed E-state index contributed by atoms with van der Waals surface area (Å²) in [6.07, 6.45) is 3.16. The van der Waals surface area contributed by atoms with Crippen molar-refractivity contribution < 1.29 is 14.3 Å². The summed E-state index contributed by atoms with van der Waals surface area (Å²) in [5.74, 6) is 0.585. The molecule has 1 heterocycles. The van der Waals surface area contributed by atoms with E-state index in [2.05, 4.69) is 10.1 Å². The fourth-order valence-electron chi connectivity index (χ4n) is 2.59. The minimum atomic E-state index is -0.167. The molecule has 0 unspecified atom stereocenters. The first-order valence-electron chi connectivity index (χ1n) is 7.80. The zero-order valence-electron chi connectivity index (χ0n) is 13.2. The second kappa shape index (κ2) is 9.18. The van der Waals surface area contributed by atoms with E-state index in [1.807, 2.05) is 18.2 Å².